The van der Waals surface area contributed by atoms with Gasteiger partial charge in [-0.3, -0.25) is 4.79 Å². The largest absolute Gasteiger partial charge is 0.467 e. The molecule has 1 atom stereocenters. The van der Waals surface area contributed by atoms with Crippen LogP contribution in [-0.2, 0) is 0 Å². The Balaban J connectivity index is 1.87. The van der Waals surface area contributed by atoms with Crippen LogP contribution in [0.1, 0.15) is 41.4 Å². The molecule has 3 nitrogen and oxygen atoms in total. The lowest BCUT2D eigenvalue weighted by atomic mass is 9.99. The fourth-order valence-corrected chi connectivity index (χ4v) is 2.70. The average Bonchev–Trinajstić information content (AvgIpc) is 3.01. The minimum atomic E-state index is 0.0801. The van der Waals surface area contributed by atoms with Gasteiger partial charge in [0.2, 0.25) is 0 Å². The molecule has 19 heavy (non-hydrogen) atoms. The summed E-state index contributed by atoms with van der Waals surface area (Å²) >= 11 is 0. The third-order valence-electron chi connectivity index (χ3n) is 3.66. The maximum atomic E-state index is 12.6. The van der Waals surface area contributed by atoms with Crippen LogP contribution in [0.25, 0.3) is 0 Å². The number of amides is 1. The maximum Gasteiger partial charge on any atom is 0.254 e. The van der Waals surface area contributed by atoms with Gasteiger partial charge in [0.05, 0.1) is 12.3 Å². The molecule has 3 rings (SSSR count). The second-order valence-corrected chi connectivity index (χ2v) is 4.89. The van der Waals surface area contributed by atoms with E-state index in [-0.39, 0.29) is 11.9 Å². The Morgan fingerprint density at radius 1 is 1.11 bits per heavy atom. The number of piperidine rings is 1. The summed E-state index contributed by atoms with van der Waals surface area (Å²) in [6, 6.07) is 13.4. The number of hydrogen-bond acceptors (Lipinski definition) is 2. The summed E-state index contributed by atoms with van der Waals surface area (Å²) in [6.07, 6.45) is 4.86. The highest BCUT2D eigenvalue weighted by molar-refractivity contribution is 5.94. The smallest absolute Gasteiger partial charge is 0.254 e. The molecular formula is C16H17NO2. The average molecular weight is 255 g/mol. The highest BCUT2D eigenvalue weighted by atomic mass is 16.3. The molecule has 2 heterocycles. The lowest BCUT2D eigenvalue weighted by Gasteiger charge is -2.34. The Labute approximate surface area is 112 Å². The van der Waals surface area contributed by atoms with Gasteiger partial charge in [0, 0.05) is 12.1 Å². The van der Waals surface area contributed by atoms with Crippen molar-refractivity contribution in [3.05, 3.63) is 60.1 Å². The Kier molecular flexibility index (Phi) is 3.36. The number of carbonyl (C=O) groups excluding carboxylic acids is 1. The van der Waals surface area contributed by atoms with Crippen LogP contribution in [0.4, 0.5) is 0 Å². The summed E-state index contributed by atoms with van der Waals surface area (Å²) < 4.78 is 5.50. The van der Waals surface area contributed by atoms with Crippen LogP contribution in [0.3, 0.4) is 0 Å². The first-order valence-corrected chi connectivity index (χ1v) is 6.75. The van der Waals surface area contributed by atoms with Crippen LogP contribution < -0.4 is 0 Å². The van der Waals surface area contributed by atoms with Gasteiger partial charge in [0.25, 0.3) is 5.91 Å². The van der Waals surface area contributed by atoms with Gasteiger partial charge in [-0.15, -0.1) is 0 Å². The summed E-state index contributed by atoms with van der Waals surface area (Å²) in [5.41, 5.74) is 0.751. The van der Waals surface area contributed by atoms with E-state index in [0.717, 1.165) is 37.1 Å². The molecule has 0 saturated carbocycles. The minimum absolute atomic E-state index is 0.0801. The van der Waals surface area contributed by atoms with Crippen LogP contribution >= 0.6 is 0 Å². The molecule has 0 radical (unpaired) electrons. The predicted molar refractivity (Wildman–Crippen MR) is 72.8 cm³/mol. The molecule has 3 heteroatoms. The molecule has 1 fully saturated rings. The fourth-order valence-electron chi connectivity index (χ4n) is 2.70. The van der Waals surface area contributed by atoms with Gasteiger partial charge in [-0.25, -0.2) is 0 Å². The first kappa shape index (κ1) is 12.0. The molecule has 0 aliphatic carbocycles. The lowest BCUT2D eigenvalue weighted by molar-refractivity contribution is 0.0580. The van der Waals surface area contributed by atoms with Crippen molar-refractivity contribution in [3.63, 3.8) is 0 Å². The number of rotatable bonds is 2. The SMILES string of the molecule is O=C(c1ccccc1)N1CCCC[C@H]1c1ccco1. The fraction of sp³-hybridized carbons (Fsp3) is 0.312. The maximum absolute atomic E-state index is 12.6. The zero-order valence-electron chi connectivity index (χ0n) is 10.8. The second-order valence-electron chi connectivity index (χ2n) is 4.89. The first-order chi connectivity index (χ1) is 9.36. The molecule has 0 spiro atoms. The Morgan fingerprint density at radius 3 is 2.68 bits per heavy atom. The second kappa shape index (κ2) is 5.31. The minimum Gasteiger partial charge on any atom is -0.467 e. The predicted octanol–water partition coefficient (Wildman–Crippen LogP) is 3.65. The number of furan rings is 1. The number of hydrogen-bond donors (Lipinski definition) is 0. The van der Waals surface area contributed by atoms with Crippen LogP contribution in [0.5, 0.6) is 0 Å². The third kappa shape index (κ3) is 2.41. The molecule has 0 bridgehead atoms. The quantitative estimate of drug-likeness (QED) is 0.820. The van der Waals surface area contributed by atoms with Crippen molar-refractivity contribution in [2.45, 2.75) is 25.3 Å². The molecule has 1 aromatic carbocycles. The standard InChI is InChI=1S/C16H17NO2/c18-16(13-7-2-1-3-8-13)17-11-5-4-9-14(17)15-10-6-12-19-15/h1-3,6-8,10,12,14H,4-5,9,11H2/t14-/m0/s1. The molecule has 0 unspecified atom stereocenters. The van der Waals surface area contributed by atoms with Crippen molar-refractivity contribution in [3.8, 4) is 0 Å². The van der Waals surface area contributed by atoms with Crippen molar-refractivity contribution in [1.82, 2.24) is 4.90 Å². The van der Waals surface area contributed by atoms with E-state index in [1.807, 2.05) is 47.4 Å². The number of carbonyl (C=O) groups is 1. The van der Waals surface area contributed by atoms with Crippen molar-refractivity contribution in [1.29, 1.82) is 0 Å². The molecule has 1 amide bonds. The van der Waals surface area contributed by atoms with E-state index in [9.17, 15) is 4.79 Å². The number of likely N-dealkylation sites (tertiary alicyclic amines) is 1. The highest BCUT2D eigenvalue weighted by Crippen LogP contribution is 2.32. The van der Waals surface area contributed by atoms with Gasteiger partial charge < -0.3 is 9.32 Å². The van der Waals surface area contributed by atoms with Crippen LogP contribution in [0.2, 0.25) is 0 Å². The van der Waals surface area contributed by atoms with E-state index in [1.165, 1.54) is 0 Å². The van der Waals surface area contributed by atoms with Gasteiger partial charge >= 0.3 is 0 Å². The zero-order valence-corrected chi connectivity index (χ0v) is 10.8. The van der Waals surface area contributed by atoms with Crippen LogP contribution in [0, 0.1) is 0 Å². The molecule has 1 aliphatic heterocycles. The lowest BCUT2D eigenvalue weighted by Crippen LogP contribution is -2.38. The Hall–Kier alpha value is -2.03. The van der Waals surface area contributed by atoms with E-state index in [1.54, 1.807) is 6.26 Å². The first-order valence-electron chi connectivity index (χ1n) is 6.75. The van der Waals surface area contributed by atoms with Crippen LogP contribution in [-0.4, -0.2) is 17.4 Å². The number of nitrogens with zero attached hydrogens (tertiary/aromatic N) is 1. The monoisotopic (exact) mass is 255 g/mol. The highest BCUT2D eigenvalue weighted by Gasteiger charge is 2.30. The number of benzene rings is 1. The Bertz CT molecular complexity index is 533. The molecule has 98 valence electrons. The third-order valence-corrected chi connectivity index (χ3v) is 3.66. The van der Waals surface area contributed by atoms with Gasteiger partial charge in [-0.1, -0.05) is 18.2 Å². The summed E-state index contributed by atoms with van der Waals surface area (Å²) in [5.74, 6) is 0.991. The van der Waals surface area contributed by atoms with E-state index < -0.39 is 0 Å². The summed E-state index contributed by atoms with van der Waals surface area (Å²) in [6.45, 7) is 0.805. The van der Waals surface area contributed by atoms with Crippen molar-refractivity contribution in [2.24, 2.45) is 0 Å². The van der Waals surface area contributed by atoms with E-state index in [4.69, 9.17) is 4.42 Å². The molecule has 2 aromatic rings. The summed E-state index contributed by atoms with van der Waals surface area (Å²) in [4.78, 5) is 14.5. The van der Waals surface area contributed by atoms with Crippen molar-refractivity contribution < 1.29 is 9.21 Å². The van der Waals surface area contributed by atoms with Crippen molar-refractivity contribution in [2.75, 3.05) is 6.54 Å². The Morgan fingerprint density at radius 2 is 1.95 bits per heavy atom. The normalized spacial score (nSPS) is 19.4. The van der Waals surface area contributed by atoms with Gasteiger partial charge in [0.15, 0.2) is 0 Å². The molecular weight excluding hydrogens is 238 g/mol. The van der Waals surface area contributed by atoms with Gasteiger partial charge in [-0.2, -0.15) is 0 Å². The molecule has 1 aliphatic rings. The molecule has 1 aromatic heterocycles. The van der Waals surface area contributed by atoms with E-state index in [2.05, 4.69) is 0 Å². The van der Waals surface area contributed by atoms with Crippen LogP contribution in [0.15, 0.2) is 53.1 Å². The van der Waals surface area contributed by atoms with Gasteiger partial charge in [-0.05, 0) is 43.5 Å². The topological polar surface area (TPSA) is 33.5 Å². The summed E-state index contributed by atoms with van der Waals surface area (Å²) in [5, 5.41) is 0. The zero-order chi connectivity index (χ0) is 13.1. The molecule has 0 N–H and O–H groups in total. The molecule has 1 saturated heterocycles. The van der Waals surface area contributed by atoms with Crippen molar-refractivity contribution >= 4 is 5.91 Å². The van der Waals surface area contributed by atoms with E-state index in [0.29, 0.717) is 0 Å². The van der Waals surface area contributed by atoms with E-state index >= 15 is 0 Å². The summed E-state index contributed by atoms with van der Waals surface area (Å²) in [7, 11) is 0. The van der Waals surface area contributed by atoms with Gasteiger partial charge in [0.1, 0.15) is 5.76 Å².